The SMILES string of the molecule is COCCOCCOCCOCCOCCOCCOCCOCCOCCOCCOCCN(CCC(=O)C[C@H](C(=O)N[C@@H](CCCNC(N)=O)C(=O)Nc1ccc(COC(=O)C(C)(C)C)cc1)C(C)C)C(=O)CN1C(=O)C=CC1=O. The summed E-state index contributed by atoms with van der Waals surface area (Å²) < 4.78 is 65.3. The molecule has 0 saturated heterocycles. The number of carbonyl (C=O) groups excluding carboxylic acids is 8. The van der Waals surface area contributed by atoms with Crippen LogP contribution >= 0.6 is 0 Å². The lowest BCUT2D eigenvalue weighted by atomic mass is 9.88. The Morgan fingerprint density at radius 1 is 0.610 bits per heavy atom. The third-order valence-electron chi connectivity index (χ3n) is 11.9. The third-order valence-corrected chi connectivity index (χ3v) is 11.9. The van der Waals surface area contributed by atoms with Gasteiger partial charge in [0.15, 0.2) is 0 Å². The lowest BCUT2D eigenvalue weighted by molar-refractivity contribution is -0.154. The van der Waals surface area contributed by atoms with Crippen molar-refractivity contribution in [2.75, 3.05) is 177 Å². The van der Waals surface area contributed by atoms with Crippen molar-refractivity contribution in [1.29, 1.82) is 0 Å². The number of imide groups is 1. The Labute approximate surface area is 482 Å². The van der Waals surface area contributed by atoms with E-state index in [1.807, 2.05) is 0 Å². The number of Topliss-reactive ketones (excluding diaryl/α,β-unsaturated/α-hetero) is 1. The summed E-state index contributed by atoms with van der Waals surface area (Å²) in [6.07, 6.45) is 2.17. The van der Waals surface area contributed by atoms with E-state index in [1.165, 1.54) is 4.90 Å². The number of urea groups is 1. The molecule has 0 saturated carbocycles. The molecule has 1 aromatic rings. The first-order valence-electron chi connectivity index (χ1n) is 27.9. The molecule has 466 valence electrons. The molecule has 0 radical (unpaired) electrons. The van der Waals surface area contributed by atoms with Gasteiger partial charge in [0.05, 0.1) is 144 Å². The second-order valence-electron chi connectivity index (χ2n) is 19.9. The highest BCUT2D eigenvalue weighted by atomic mass is 16.6. The van der Waals surface area contributed by atoms with Crippen LogP contribution in [-0.4, -0.2) is 235 Å². The summed E-state index contributed by atoms with van der Waals surface area (Å²) in [6, 6.07) is 4.84. The third kappa shape index (κ3) is 35.5. The van der Waals surface area contributed by atoms with Crippen molar-refractivity contribution in [2.24, 2.45) is 23.0 Å². The fourth-order valence-corrected chi connectivity index (χ4v) is 7.16. The highest BCUT2D eigenvalue weighted by molar-refractivity contribution is 6.14. The Balaban J connectivity index is 1.69. The molecule has 1 aromatic carbocycles. The number of esters is 1. The average Bonchev–Trinajstić information content (AvgIpc) is 3.80. The van der Waals surface area contributed by atoms with Crippen LogP contribution in [-0.2, 0) is 97.0 Å². The zero-order chi connectivity index (χ0) is 60.2. The molecule has 0 aromatic heterocycles. The number of benzene rings is 1. The van der Waals surface area contributed by atoms with Gasteiger partial charge in [0.1, 0.15) is 25.0 Å². The van der Waals surface area contributed by atoms with Gasteiger partial charge in [-0.15, -0.1) is 0 Å². The topological polar surface area (TPSA) is 316 Å². The lowest BCUT2D eigenvalue weighted by Gasteiger charge is -2.26. The number of hydrogen-bond donors (Lipinski definition) is 4. The summed E-state index contributed by atoms with van der Waals surface area (Å²) in [5.74, 6) is -4.85. The number of nitrogens with two attached hydrogens (primary N) is 1. The highest BCUT2D eigenvalue weighted by Crippen LogP contribution is 2.20. The molecule has 1 aliphatic heterocycles. The van der Waals surface area contributed by atoms with E-state index in [0.29, 0.717) is 130 Å². The maximum Gasteiger partial charge on any atom is 0.312 e. The van der Waals surface area contributed by atoms with Crippen LogP contribution in [0.2, 0.25) is 0 Å². The number of primary amides is 1. The van der Waals surface area contributed by atoms with E-state index in [0.717, 1.165) is 17.1 Å². The minimum atomic E-state index is -1.07. The van der Waals surface area contributed by atoms with Crippen molar-refractivity contribution in [1.82, 2.24) is 20.4 Å². The molecule has 26 heteroatoms. The number of amides is 7. The second kappa shape index (κ2) is 45.0. The van der Waals surface area contributed by atoms with Crippen molar-refractivity contribution >= 4 is 53.0 Å². The van der Waals surface area contributed by atoms with Crippen molar-refractivity contribution in [2.45, 2.75) is 73.0 Å². The van der Waals surface area contributed by atoms with Crippen LogP contribution in [0.25, 0.3) is 0 Å². The van der Waals surface area contributed by atoms with E-state index in [9.17, 15) is 38.4 Å². The van der Waals surface area contributed by atoms with Gasteiger partial charge in [-0.2, -0.15) is 0 Å². The van der Waals surface area contributed by atoms with Gasteiger partial charge in [0.2, 0.25) is 17.7 Å². The van der Waals surface area contributed by atoms with E-state index < -0.39 is 59.5 Å². The first-order chi connectivity index (χ1) is 39.4. The Kier molecular flexibility index (Phi) is 39.8. The number of ketones is 1. The normalized spacial score (nSPS) is 13.1. The molecule has 2 rings (SSSR count). The van der Waals surface area contributed by atoms with Crippen LogP contribution < -0.4 is 21.7 Å². The van der Waals surface area contributed by atoms with Crippen molar-refractivity contribution in [3.05, 3.63) is 42.0 Å². The van der Waals surface area contributed by atoms with E-state index in [1.54, 1.807) is 66.0 Å². The molecule has 26 nitrogen and oxygen atoms in total. The number of rotatable bonds is 51. The smallest absolute Gasteiger partial charge is 0.312 e. The van der Waals surface area contributed by atoms with Crippen molar-refractivity contribution < 1.29 is 95.2 Å². The molecule has 0 spiro atoms. The van der Waals surface area contributed by atoms with Crippen LogP contribution in [0, 0.1) is 17.3 Å². The summed E-state index contributed by atoms with van der Waals surface area (Å²) >= 11 is 0. The molecule has 1 aliphatic rings. The molecule has 82 heavy (non-hydrogen) atoms. The molecule has 0 fully saturated rings. The minimum Gasteiger partial charge on any atom is -0.460 e. The molecule has 0 unspecified atom stereocenters. The van der Waals surface area contributed by atoms with Gasteiger partial charge in [-0.1, -0.05) is 26.0 Å². The first-order valence-corrected chi connectivity index (χ1v) is 27.9. The summed E-state index contributed by atoms with van der Waals surface area (Å²) in [4.78, 5) is 105. The summed E-state index contributed by atoms with van der Waals surface area (Å²) in [7, 11) is 1.63. The zero-order valence-electron chi connectivity index (χ0n) is 49.0. The Hall–Kier alpha value is -5.52. The van der Waals surface area contributed by atoms with Gasteiger partial charge in [-0.25, -0.2) is 4.79 Å². The van der Waals surface area contributed by atoms with Crippen LogP contribution in [0.5, 0.6) is 0 Å². The quantitative estimate of drug-likeness (QED) is 0.0411. The van der Waals surface area contributed by atoms with E-state index >= 15 is 0 Å². The standard InChI is InChI=1S/C56H92N6O20/c1-43(2)47(52(67)60-48(8-7-16-58-55(57)70)53(68)59-45-11-9-44(10-12-45)42-82-54(69)56(3,4)5)40-46(63)15-17-61(51(66)41-62-49(64)13-14-50(62)65)18-19-72-22-23-74-26-27-76-30-31-78-34-35-80-38-39-81-37-36-79-33-32-77-29-28-75-25-24-73-21-20-71-6/h9-14,43,47-48H,7-8,15-42H2,1-6H3,(H,59,68)(H,60,67)(H3,57,58,70)/t47-,48-/m0/s1. The second-order valence-corrected chi connectivity index (χ2v) is 19.9. The van der Waals surface area contributed by atoms with E-state index in [-0.39, 0.29) is 89.4 Å². The summed E-state index contributed by atoms with van der Waals surface area (Å²) in [5.41, 5.74) is 5.66. The van der Waals surface area contributed by atoms with Crippen LogP contribution in [0.1, 0.15) is 65.9 Å². The predicted octanol–water partition coefficient (Wildman–Crippen LogP) is 1.84. The Morgan fingerprint density at radius 2 is 1.05 bits per heavy atom. The highest BCUT2D eigenvalue weighted by Gasteiger charge is 2.31. The van der Waals surface area contributed by atoms with Gasteiger partial charge in [-0.3, -0.25) is 38.5 Å². The Bertz CT molecular complexity index is 2000. The van der Waals surface area contributed by atoms with Crippen LogP contribution in [0.3, 0.4) is 0 Å². The largest absolute Gasteiger partial charge is 0.460 e. The molecule has 5 N–H and O–H groups in total. The number of nitrogens with zero attached hydrogens (tertiary/aromatic N) is 2. The number of carbonyl (C=O) groups is 8. The number of anilines is 1. The number of ether oxygens (including phenoxy) is 12. The molecular formula is C56H92N6O20. The monoisotopic (exact) mass is 1170 g/mol. The molecule has 2 atom stereocenters. The van der Waals surface area contributed by atoms with Crippen molar-refractivity contribution in [3.8, 4) is 0 Å². The van der Waals surface area contributed by atoms with Crippen molar-refractivity contribution in [3.63, 3.8) is 0 Å². The molecule has 1 heterocycles. The zero-order valence-corrected chi connectivity index (χ0v) is 49.0. The van der Waals surface area contributed by atoms with Gasteiger partial charge < -0.3 is 83.4 Å². The van der Waals surface area contributed by atoms with Gasteiger partial charge >= 0.3 is 12.0 Å². The molecule has 7 amide bonds. The fourth-order valence-electron chi connectivity index (χ4n) is 7.16. The summed E-state index contributed by atoms with van der Waals surface area (Å²) in [5, 5.41) is 8.05. The van der Waals surface area contributed by atoms with Crippen LogP contribution in [0.4, 0.5) is 10.5 Å². The number of methoxy groups -OCH3 is 1. The number of hydrogen-bond acceptors (Lipinski definition) is 20. The maximum atomic E-state index is 13.9. The van der Waals surface area contributed by atoms with Gasteiger partial charge in [-0.05, 0) is 57.2 Å². The predicted molar refractivity (Wildman–Crippen MR) is 298 cm³/mol. The molecular weight excluding hydrogens is 1080 g/mol. The number of nitrogens with one attached hydrogen (secondary N) is 3. The molecule has 0 aliphatic carbocycles. The lowest BCUT2D eigenvalue weighted by Crippen LogP contribution is -2.48. The van der Waals surface area contributed by atoms with E-state index in [2.05, 4.69) is 16.0 Å². The molecule has 0 bridgehead atoms. The van der Waals surface area contributed by atoms with Gasteiger partial charge in [0, 0.05) is 63.3 Å². The van der Waals surface area contributed by atoms with E-state index in [4.69, 9.17) is 62.6 Å². The van der Waals surface area contributed by atoms with Crippen LogP contribution in [0.15, 0.2) is 36.4 Å². The maximum absolute atomic E-state index is 13.9. The fraction of sp³-hybridized carbons (Fsp3) is 0.714. The average molecular weight is 1170 g/mol. The first kappa shape index (κ1) is 72.6. The van der Waals surface area contributed by atoms with Gasteiger partial charge in [0.25, 0.3) is 11.8 Å². The Morgan fingerprint density at radius 3 is 1.46 bits per heavy atom. The minimum absolute atomic E-state index is 0.0270. The summed E-state index contributed by atoms with van der Waals surface area (Å²) in [6.45, 7) is 16.9.